The van der Waals surface area contributed by atoms with Gasteiger partial charge in [-0.05, 0) is 50.7 Å². The maximum Gasteiger partial charge on any atom is 0.407 e. The summed E-state index contributed by atoms with van der Waals surface area (Å²) in [4.78, 5) is 24.0. The van der Waals surface area contributed by atoms with Crippen molar-refractivity contribution in [2.24, 2.45) is 4.99 Å². The molecule has 12 heteroatoms. The largest absolute Gasteiger partial charge is 0.407 e. The molecule has 7 nitrogen and oxygen atoms in total. The van der Waals surface area contributed by atoms with Crippen LogP contribution in [0.4, 0.5) is 19.0 Å². The molecule has 0 saturated heterocycles. The second kappa shape index (κ2) is 14.6. The summed E-state index contributed by atoms with van der Waals surface area (Å²) in [6, 6.07) is 9.65. The van der Waals surface area contributed by atoms with Gasteiger partial charge in [0, 0.05) is 11.8 Å². The fourth-order valence-corrected chi connectivity index (χ4v) is 4.70. The molecular formula is C25H28F3N5O2S2. The molecule has 2 atom stereocenters. The SMILES string of the molecule is C=N/C(=C\SCNc1ccc(C=O)cn1)c1sc(C(C)O)nc1C.CNC(c1ccccc1)C(F)(F)F. The van der Waals surface area contributed by atoms with Crippen molar-refractivity contribution in [2.75, 3.05) is 18.2 Å². The Morgan fingerprint density at radius 1 is 1.27 bits per heavy atom. The minimum Gasteiger partial charge on any atom is -0.386 e. The lowest BCUT2D eigenvalue weighted by Gasteiger charge is -2.19. The van der Waals surface area contributed by atoms with Gasteiger partial charge in [-0.3, -0.25) is 9.79 Å². The van der Waals surface area contributed by atoms with Crippen molar-refractivity contribution in [3.05, 3.63) is 80.8 Å². The predicted molar refractivity (Wildman–Crippen MR) is 145 cm³/mol. The highest BCUT2D eigenvalue weighted by Crippen LogP contribution is 2.32. The molecule has 0 aliphatic heterocycles. The van der Waals surface area contributed by atoms with E-state index < -0.39 is 18.3 Å². The zero-order chi connectivity index (χ0) is 27.4. The Kier molecular flexibility index (Phi) is 11.9. The van der Waals surface area contributed by atoms with Crippen molar-refractivity contribution in [1.82, 2.24) is 15.3 Å². The van der Waals surface area contributed by atoms with Crippen molar-refractivity contribution in [2.45, 2.75) is 32.2 Å². The Balaban J connectivity index is 0.000000312. The summed E-state index contributed by atoms with van der Waals surface area (Å²) in [6.07, 6.45) is -2.56. The highest BCUT2D eigenvalue weighted by Gasteiger charge is 2.39. The number of thioether (sulfide) groups is 1. The number of alkyl halides is 3. The van der Waals surface area contributed by atoms with Gasteiger partial charge in [0.15, 0.2) is 6.29 Å². The first-order valence-electron chi connectivity index (χ1n) is 11.0. The lowest BCUT2D eigenvalue weighted by molar-refractivity contribution is -0.156. The highest BCUT2D eigenvalue weighted by molar-refractivity contribution is 8.02. The van der Waals surface area contributed by atoms with E-state index in [1.54, 1.807) is 37.3 Å². The van der Waals surface area contributed by atoms with Crippen LogP contribution in [0.1, 0.15) is 50.6 Å². The number of nitrogens with one attached hydrogen (secondary N) is 2. The summed E-state index contributed by atoms with van der Waals surface area (Å²) in [7, 11) is 1.30. The molecule has 2 heterocycles. The summed E-state index contributed by atoms with van der Waals surface area (Å²) in [5.74, 6) is 1.29. The number of aromatic nitrogens is 2. The summed E-state index contributed by atoms with van der Waals surface area (Å²) >= 11 is 2.93. The summed E-state index contributed by atoms with van der Waals surface area (Å²) < 4.78 is 37.0. The molecule has 0 aliphatic carbocycles. The molecule has 3 rings (SSSR count). The number of halogens is 3. The van der Waals surface area contributed by atoms with E-state index in [1.165, 1.54) is 48.5 Å². The predicted octanol–water partition coefficient (Wildman–Crippen LogP) is 6.02. The Labute approximate surface area is 222 Å². The lowest BCUT2D eigenvalue weighted by Crippen LogP contribution is -2.31. The van der Waals surface area contributed by atoms with Crippen LogP contribution in [0.2, 0.25) is 0 Å². The maximum absolute atomic E-state index is 12.3. The highest BCUT2D eigenvalue weighted by atomic mass is 32.2. The van der Waals surface area contributed by atoms with E-state index in [0.29, 0.717) is 22.3 Å². The molecule has 2 unspecified atom stereocenters. The molecule has 0 radical (unpaired) electrons. The summed E-state index contributed by atoms with van der Waals surface area (Å²) in [5.41, 5.74) is 2.33. The normalized spacial score (nSPS) is 13.2. The quantitative estimate of drug-likeness (QED) is 0.123. The fourth-order valence-electron chi connectivity index (χ4n) is 2.98. The number of carbonyl (C=O) groups is 1. The van der Waals surface area contributed by atoms with Crippen LogP contribution >= 0.6 is 23.1 Å². The van der Waals surface area contributed by atoms with Gasteiger partial charge in [-0.25, -0.2) is 9.97 Å². The molecule has 0 amide bonds. The first kappa shape index (κ1) is 30.2. The van der Waals surface area contributed by atoms with E-state index in [4.69, 9.17) is 0 Å². The van der Waals surface area contributed by atoms with Gasteiger partial charge in [0.2, 0.25) is 0 Å². The molecule has 37 heavy (non-hydrogen) atoms. The molecule has 0 aliphatic rings. The molecular weight excluding hydrogens is 523 g/mol. The number of aldehydes is 1. The number of hydrogen-bond acceptors (Lipinski definition) is 9. The number of aryl methyl sites for hydroxylation is 1. The number of pyridine rings is 1. The first-order chi connectivity index (χ1) is 17.6. The molecule has 0 fully saturated rings. The number of aliphatic hydroxyl groups is 1. The topological polar surface area (TPSA) is 99.5 Å². The van der Waals surface area contributed by atoms with Gasteiger partial charge < -0.3 is 15.7 Å². The number of anilines is 1. The Morgan fingerprint density at radius 2 is 1.97 bits per heavy atom. The summed E-state index contributed by atoms with van der Waals surface area (Å²) in [5, 5.41) is 17.6. The maximum atomic E-state index is 12.3. The number of aliphatic hydroxyl groups excluding tert-OH is 1. The van der Waals surface area contributed by atoms with Crippen LogP contribution in [0, 0.1) is 6.92 Å². The number of thiazole rings is 1. The third-order valence-corrected chi connectivity index (χ3v) is 6.83. The van der Waals surface area contributed by atoms with Crippen LogP contribution in [-0.2, 0) is 0 Å². The van der Waals surface area contributed by atoms with Gasteiger partial charge in [0.05, 0.1) is 22.1 Å². The second-order valence-corrected chi connectivity index (χ2v) is 9.45. The molecule has 2 aromatic heterocycles. The van der Waals surface area contributed by atoms with Gasteiger partial charge in [-0.1, -0.05) is 30.3 Å². The number of nitrogens with zero attached hydrogens (tertiary/aromatic N) is 3. The molecule has 198 valence electrons. The number of benzene rings is 1. The molecule has 0 spiro atoms. The second-order valence-electron chi connectivity index (χ2n) is 7.56. The average molecular weight is 552 g/mol. The van der Waals surface area contributed by atoms with E-state index in [2.05, 4.69) is 32.3 Å². The van der Waals surface area contributed by atoms with Crippen LogP contribution in [-0.4, -0.2) is 47.2 Å². The van der Waals surface area contributed by atoms with Crippen molar-refractivity contribution >= 4 is 47.6 Å². The van der Waals surface area contributed by atoms with Crippen LogP contribution < -0.4 is 10.6 Å². The number of aliphatic imine (C=N–C) groups is 1. The van der Waals surface area contributed by atoms with Crippen molar-refractivity contribution < 1.29 is 23.1 Å². The van der Waals surface area contributed by atoms with Crippen LogP contribution in [0.15, 0.2) is 59.1 Å². The van der Waals surface area contributed by atoms with E-state index in [-0.39, 0.29) is 5.56 Å². The van der Waals surface area contributed by atoms with Crippen molar-refractivity contribution in [3.63, 3.8) is 0 Å². The van der Waals surface area contributed by atoms with Crippen LogP contribution in [0.3, 0.4) is 0 Å². The fraction of sp³-hybridized carbons (Fsp3) is 0.280. The minimum absolute atomic E-state index is 0.234. The van der Waals surface area contributed by atoms with Gasteiger partial charge in [-0.15, -0.1) is 23.1 Å². The number of carbonyl (C=O) groups excluding carboxylic acids is 1. The van der Waals surface area contributed by atoms with Gasteiger partial charge in [0.1, 0.15) is 23.0 Å². The van der Waals surface area contributed by atoms with Gasteiger partial charge >= 0.3 is 6.18 Å². The van der Waals surface area contributed by atoms with E-state index in [1.807, 2.05) is 12.3 Å². The van der Waals surface area contributed by atoms with Gasteiger partial charge in [0.25, 0.3) is 0 Å². The zero-order valence-electron chi connectivity index (χ0n) is 20.5. The molecule has 3 N–H and O–H groups in total. The smallest absolute Gasteiger partial charge is 0.386 e. The third-order valence-electron chi connectivity index (χ3n) is 4.78. The van der Waals surface area contributed by atoms with Crippen LogP contribution in [0.5, 0.6) is 0 Å². The molecule has 0 saturated carbocycles. The molecule has 0 bridgehead atoms. The van der Waals surface area contributed by atoms with Crippen molar-refractivity contribution in [1.29, 1.82) is 0 Å². The average Bonchev–Trinajstić information content (AvgIpc) is 3.27. The van der Waals surface area contributed by atoms with Crippen LogP contribution in [0.25, 0.3) is 5.70 Å². The first-order valence-corrected chi connectivity index (χ1v) is 12.9. The monoisotopic (exact) mass is 551 g/mol. The molecule has 3 aromatic rings. The zero-order valence-corrected chi connectivity index (χ0v) is 22.1. The van der Waals surface area contributed by atoms with E-state index in [0.717, 1.165) is 22.6 Å². The third kappa shape index (κ3) is 9.39. The van der Waals surface area contributed by atoms with Crippen molar-refractivity contribution in [3.8, 4) is 0 Å². The number of rotatable bonds is 10. The minimum atomic E-state index is -4.24. The lowest BCUT2D eigenvalue weighted by atomic mass is 10.1. The molecule has 1 aromatic carbocycles. The standard InChI is InChI=1S/C16H18N4O2S2.C9H10F3N/c1-10-15(24-16(20-10)11(2)22)13(17-3)8-23-9-19-14-5-4-12(7-21)6-18-14;1-13-8(9(10,11)12)7-5-3-2-4-6-7/h4-8,11,22H,3,9H2,1-2H3,(H,18,19);2-6,8,13H,1H3/b13-8-;. The van der Waals surface area contributed by atoms with Gasteiger partial charge in [-0.2, -0.15) is 13.2 Å². The Morgan fingerprint density at radius 3 is 2.46 bits per heavy atom. The Hall–Kier alpha value is -3.06. The summed E-state index contributed by atoms with van der Waals surface area (Å²) in [6.45, 7) is 7.18. The number of hydrogen-bond donors (Lipinski definition) is 3. The van der Waals surface area contributed by atoms with E-state index >= 15 is 0 Å². The Bertz CT molecular complexity index is 1170. The van der Waals surface area contributed by atoms with E-state index in [9.17, 15) is 23.1 Å².